The average molecular weight is 1570 g/mol. The van der Waals surface area contributed by atoms with Gasteiger partial charge in [-0.05, 0) is 93.0 Å². The molecular weight excluding hydrogens is 1540 g/mol. The number of rotatable bonds is 8. The Morgan fingerprint density at radius 1 is 0.181 bits per heavy atom. The molecule has 0 spiro atoms. The first-order valence-electron chi connectivity index (χ1n) is 29.7. The molecule has 8 aromatic carbocycles. The molecule has 0 aliphatic carbocycles. The fourth-order valence-electron chi connectivity index (χ4n) is 12.4. The smallest absolute Gasteiger partial charge is 0.357 e. The molecule has 105 heavy (non-hydrogen) atoms. The summed E-state index contributed by atoms with van der Waals surface area (Å²) in [4.78, 5) is 34.5. The third-order valence-electron chi connectivity index (χ3n) is 16.5. The van der Waals surface area contributed by atoms with Crippen molar-refractivity contribution in [3.63, 3.8) is 0 Å². The van der Waals surface area contributed by atoms with E-state index in [4.69, 9.17) is 0 Å². The first-order chi connectivity index (χ1) is 48.7. The van der Waals surface area contributed by atoms with E-state index in [1.165, 1.54) is 0 Å². The summed E-state index contributed by atoms with van der Waals surface area (Å²) in [7, 11) is 0. The van der Waals surface area contributed by atoms with Crippen LogP contribution in [0.2, 0.25) is 0 Å². The average Bonchev–Trinajstić information content (AvgIpc) is 1.59. The standard InChI is InChI=1S/C72H32F24N8.Pd/c73-65(74,75)41-25-9-1-17-33(41)49-50(34-18-2-10-26-42(34)66(76,77)78)58-97-57(49)101-59-51(35-19-3-11-27-43(35)67(79,80)81)52(36-20-4-12-28-44(36)68(82,83)84)61(98-59)103-63-55(39-23-7-15-31-47(39)71(91,92)93)56(40-24-8-16-32-48(40)72(94,95)96)64(100-63)104-62-54(38-22-6-14-30-46(38)70(88,89)90)53(60(99-62)102-58)37-21-5-13-29-45(37)69(85,86)87;/h1-32H;/q-2;+2. The Balaban J connectivity index is 0.0000104. The van der Waals surface area contributed by atoms with Crippen molar-refractivity contribution in [1.29, 1.82) is 0 Å². The topological polar surface area (TPSA) is 106 Å². The van der Waals surface area contributed by atoms with Gasteiger partial charge in [0.1, 0.15) is 0 Å². The van der Waals surface area contributed by atoms with Crippen molar-refractivity contribution < 1.29 is 126 Å². The molecule has 8 bridgehead atoms. The number of nitrogens with zero attached hydrogens (tertiary/aromatic N) is 8. The van der Waals surface area contributed by atoms with E-state index < -0.39 is 229 Å². The van der Waals surface area contributed by atoms with E-state index in [2.05, 4.69) is 39.9 Å². The van der Waals surface area contributed by atoms with E-state index in [1.807, 2.05) is 0 Å². The summed E-state index contributed by atoms with van der Waals surface area (Å²) in [5.74, 6) is -5.83. The molecule has 2 aliphatic heterocycles. The maximum absolute atomic E-state index is 15.8. The molecule has 0 amide bonds. The Morgan fingerprint density at radius 2 is 0.314 bits per heavy atom. The van der Waals surface area contributed by atoms with Crippen LogP contribution in [0.3, 0.4) is 0 Å². The van der Waals surface area contributed by atoms with Crippen molar-refractivity contribution in [2.45, 2.75) is 49.4 Å². The maximum atomic E-state index is 15.8. The minimum Gasteiger partial charge on any atom is -0.357 e. The molecule has 0 fully saturated rings. The number of hydrogen-bond acceptors (Lipinski definition) is 6. The zero-order valence-corrected chi connectivity index (χ0v) is 53.0. The minimum atomic E-state index is -5.62. The van der Waals surface area contributed by atoms with E-state index in [9.17, 15) is 0 Å². The zero-order valence-electron chi connectivity index (χ0n) is 51.4. The van der Waals surface area contributed by atoms with Gasteiger partial charge in [0.05, 0.1) is 67.8 Å². The van der Waals surface area contributed by atoms with Crippen molar-refractivity contribution in [3.05, 3.63) is 284 Å². The Morgan fingerprint density at radius 3 is 0.467 bits per heavy atom. The van der Waals surface area contributed by atoms with Crippen molar-refractivity contribution >= 4 is 44.9 Å². The quantitative estimate of drug-likeness (QED) is 0.109. The van der Waals surface area contributed by atoms with Gasteiger partial charge in [-0.25, -0.2) is 9.97 Å². The monoisotopic (exact) mass is 1570 g/mol. The number of alkyl halides is 24. The number of fused-ring (bicyclic) bond motifs is 8. The van der Waals surface area contributed by atoms with Gasteiger partial charge in [0.15, 0.2) is 0 Å². The summed E-state index contributed by atoms with van der Waals surface area (Å²) in [5, 5.41) is 0. The summed E-state index contributed by atoms with van der Waals surface area (Å²) in [6.07, 6.45) is -45.0. The Kier molecular flexibility index (Phi) is 18.5. The fourth-order valence-corrected chi connectivity index (χ4v) is 12.4. The van der Waals surface area contributed by atoms with Crippen LogP contribution in [0.25, 0.3) is 89.4 Å². The largest absolute Gasteiger partial charge is 2.00 e. The van der Waals surface area contributed by atoms with Crippen LogP contribution in [0, 0.1) is 0 Å². The zero-order chi connectivity index (χ0) is 74.8. The number of benzene rings is 8. The van der Waals surface area contributed by atoms with E-state index in [1.54, 1.807) is 0 Å². The van der Waals surface area contributed by atoms with Crippen molar-refractivity contribution in [2.75, 3.05) is 0 Å². The van der Waals surface area contributed by atoms with Gasteiger partial charge in [-0.15, -0.1) is 0 Å². The number of aromatic nitrogens is 8. The van der Waals surface area contributed by atoms with Crippen LogP contribution >= 0.6 is 0 Å². The van der Waals surface area contributed by atoms with E-state index >= 15 is 105 Å². The molecule has 11 aromatic rings. The van der Waals surface area contributed by atoms with Crippen LogP contribution < -0.4 is 9.97 Å². The van der Waals surface area contributed by atoms with Crippen LogP contribution in [0.15, 0.2) is 194 Å². The third kappa shape index (κ3) is 13.7. The summed E-state index contributed by atoms with van der Waals surface area (Å²) in [6.45, 7) is 0. The van der Waals surface area contributed by atoms with Gasteiger partial charge in [0, 0.05) is 67.1 Å². The second-order valence-electron chi connectivity index (χ2n) is 22.8. The van der Waals surface area contributed by atoms with Crippen molar-refractivity contribution in [1.82, 2.24) is 39.9 Å². The molecule has 8 nitrogen and oxygen atoms in total. The molecule has 538 valence electrons. The fraction of sp³-hybridized carbons (Fsp3) is 0.111. The van der Waals surface area contributed by atoms with E-state index in [0.29, 0.717) is 97.1 Å². The van der Waals surface area contributed by atoms with Gasteiger partial charge < -0.3 is 29.9 Å². The Hall–Kier alpha value is -10.9. The van der Waals surface area contributed by atoms with Gasteiger partial charge in [-0.2, -0.15) is 105 Å². The van der Waals surface area contributed by atoms with E-state index in [-0.39, 0.29) is 20.4 Å². The SMILES string of the molecule is FC(F)(F)c1ccccc1C1=C(c2ccccc2C(F)(F)F)c2nc1nc1[n-]c(nc3nc(nc4[n-]c(n2)c(-c2ccccc2C(F)(F)F)c4-c2ccccc2C(F)(F)F)C(c2ccccc2C(F)(F)F)=C3c2ccccc2C(F)(F)F)c(-c2ccccc2C(F)(F)F)c1-c1ccccc1C(F)(F)F.[Pd+2]. The summed E-state index contributed by atoms with van der Waals surface area (Å²) < 4.78 is 380. The van der Waals surface area contributed by atoms with Crippen molar-refractivity contribution in [2.24, 2.45) is 0 Å². The first kappa shape index (κ1) is 73.8. The van der Waals surface area contributed by atoms with Crippen LogP contribution in [0.5, 0.6) is 0 Å². The summed E-state index contributed by atoms with van der Waals surface area (Å²) in [5.41, 5.74) is -40.8. The summed E-state index contributed by atoms with van der Waals surface area (Å²) >= 11 is 0. The molecule has 13 rings (SSSR count). The second-order valence-corrected chi connectivity index (χ2v) is 22.8. The predicted octanol–water partition coefficient (Wildman–Crippen LogP) is 22.0. The predicted molar refractivity (Wildman–Crippen MR) is 328 cm³/mol. The van der Waals surface area contributed by atoms with Crippen LogP contribution in [0.1, 0.15) is 90.1 Å². The molecule has 3 aromatic heterocycles. The van der Waals surface area contributed by atoms with Crippen LogP contribution in [0.4, 0.5) is 105 Å². The van der Waals surface area contributed by atoms with Gasteiger partial charge >= 0.3 is 69.8 Å². The molecule has 0 radical (unpaired) electrons. The second kappa shape index (κ2) is 26.3. The summed E-state index contributed by atoms with van der Waals surface area (Å²) in [6, 6.07) is 20.6. The molecule has 5 heterocycles. The maximum Gasteiger partial charge on any atom is 2.00 e. The molecule has 0 saturated carbocycles. The molecule has 0 unspecified atom stereocenters. The Bertz CT molecular complexity index is 4870. The first-order valence-corrected chi connectivity index (χ1v) is 29.7. The van der Waals surface area contributed by atoms with Crippen LogP contribution in [-0.2, 0) is 69.8 Å². The van der Waals surface area contributed by atoms with Gasteiger partial charge in [0.2, 0.25) is 0 Å². The van der Waals surface area contributed by atoms with E-state index in [0.717, 1.165) is 97.1 Å². The molecule has 33 heteroatoms. The molecule has 2 aliphatic rings. The molecule has 0 atom stereocenters. The number of hydrogen-bond donors (Lipinski definition) is 0. The molecular formula is C72H32F24N8Pd. The van der Waals surface area contributed by atoms with Crippen LogP contribution in [-0.4, -0.2) is 29.9 Å². The minimum absolute atomic E-state index is 0. The molecule has 0 N–H and O–H groups in total. The van der Waals surface area contributed by atoms with Gasteiger partial charge in [-0.1, -0.05) is 146 Å². The molecule has 0 saturated heterocycles. The third-order valence-corrected chi connectivity index (χ3v) is 16.5. The normalized spacial score (nSPS) is 13.6. The van der Waals surface area contributed by atoms with Crippen molar-refractivity contribution in [3.8, 4) is 44.5 Å². The number of halogens is 24. The van der Waals surface area contributed by atoms with Gasteiger partial charge in [0.25, 0.3) is 0 Å². The van der Waals surface area contributed by atoms with Gasteiger partial charge in [-0.3, -0.25) is 0 Å². The Labute approximate surface area is 586 Å².